The highest BCUT2D eigenvalue weighted by atomic mass is 16.1. The molecule has 0 aliphatic heterocycles. The fraction of sp³-hybridized carbons (Fsp3) is 0.917. The summed E-state index contributed by atoms with van der Waals surface area (Å²) in [5, 5.41) is 3.01. The van der Waals surface area contributed by atoms with Gasteiger partial charge in [-0.05, 0) is 24.2 Å². The number of hydrogen-bond donors (Lipinski definition) is 1. The summed E-state index contributed by atoms with van der Waals surface area (Å²) in [4.78, 5) is 11.3. The topological polar surface area (TPSA) is 29.1 Å². The highest BCUT2D eigenvalue weighted by molar-refractivity contribution is 5.75. The molecular formula is C12H25NO. The fourth-order valence-corrected chi connectivity index (χ4v) is 1.79. The van der Waals surface area contributed by atoms with E-state index in [9.17, 15) is 4.79 Å². The lowest BCUT2D eigenvalue weighted by atomic mass is 9.85. The van der Waals surface area contributed by atoms with Crippen LogP contribution in [-0.2, 0) is 4.79 Å². The normalized spacial score (nSPS) is 11.4. The summed E-state index contributed by atoms with van der Waals surface area (Å²) in [6, 6.07) is 0. The first-order chi connectivity index (χ1) is 6.49. The van der Waals surface area contributed by atoms with Crippen LogP contribution in [0.4, 0.5) is 0 Å². The molecular weight excluding hydrogens is 174 g/mol. The van der Waals surface area contributed by atoms with Gasteiger partial charge < -0.3 is 5.32 Å². The van der Waals surface area contributed by atoms with Crippen LogP contribution in [0.2, 0.25) is 0 Å². The van der Waals surface area contributed by atoms with Crippen molar-refractivity contribution in [3.05, 3.63) is 0 Å². The van der Waals surface area contributed by atoms with E-state index in [1.54, 1.807) is 0 Å². The average molecular weight is 199 g/mol. The molecule has 1 amide bonds. The van der Waals surface area contributed by atoms with Gasteiger partial charge in [-0.3, -0.25) is 4.79 Å². The second kappa shape index (κ2) is 6.86. The largest absolute Gasteiger partial charge is 0.356 e. The zero-order chi connectivity index (χ0) is 11.1. The van der Waals surface area contributed by atoms with Gasteiger partial charge in [-0.2, -0.15) is 0 Å². The molecule has 14 heavy (non-hydrogen) atoms. The van der Waals surface area contributed by atoms with Crippen LogP contribution in [-0.4, -0.2) is 12.5 Å². The van der Waals surface area contributed by atoms with Gasteiger partial charge in [-0.1, -0.05) is 34.6 Å². The Kier molecular flexibility index (Phi) is 6.60. The summed E-state index contributed by atoms with van der Waals surface area (Å²) < 4.78 is 0. The minimum Gasteiger partial charge on any atom is -0.356 e. The zero-order valence-electron chi connectivity index (χ0n) is 10.3. The Morgan fingerprint density at radius 1 is 1.14 bits per heavy atom. The van der Waals surface area contributed by atoms with E-state index in [0.717, 1.165) is 13.0 Å². The quantitative estimate of drug-likeness (QED) is 0.700. The van der Waals surface area contributed by atoms with E-state index < -0.39 is 0 Å². The highest BCUT2D eigenvalue weighted by Gasteiger charge is 2.17. The summed E-state index contributed by atoms with van der Waals surface area (Å²) in [5.41, 5.74) is 0. The predicted octanol–water partition coefficient (Wildman–Crippen LogP) is 2.83. The average Bonchev–Trinajstić information content (AvgIpc) is 2.03. The maximum atomic E-state index is 11.3. The number of hydrogen-bond acceptors (Lipinski definition) is 1. The minimum atomic E-state index is 0.193. The van der Waals surface area contributed by atoms with Crippen molar-refractivity contribution in [1.29, 1.82) is 0 Å². The highest BCUT2D eigenvalue weighted by Crippen LogP contribution is 2.19. The van der Waals surface area contributed by atoms with E-state index in [-0.39, 0.29) is 5.91 Å². The van der Waals surface area contributed by atoms with Crippen molar-refractivity contribution in [2.75, 3.05) is 6.54 Å². The lowest BCUT2D eigenvalue weighted by molar-refractivity contribution is -0.121. The van der Waals surface area contributed by atoms with Crippen molar-refractivity contribution < 1.29 is 4.79 Å². The molecule has 0 atom stereocenters. The van der Waals surface area contributed by atoms with Crippen LogP contribution in [0.15, 0.2) is 0 Å². The third-order valence-electron chi connectivity index (χ3n) is 2.72. The molecule has 0 unspecified atom stereocenters. The summed E-state index contributed by atoms with van der Waals surface area (Å²) in [6.45, 7) is 11.7. The molecule has 2 heteroatoms. The molecule has 0 spiro atoms. The predicted molar refractivity (Wildman–Crippen MR) is 61.1 cm³/mol. The Labute approximate surface area is 88.5 Å². The zero-order valence-corrected chi connectivity index (χ0v) is 10.3. The van der Waals surface area contributed by atoms with E-state index in [4.69, 9.17) is 0 Å². The maximum absolute atomic E-state index is 11.3. The second-order valence-electron chi connectivity index (χ2n) is 4.71. The minimum absolute atomic E-state index is 0.193. The molecule has 1 N–H and O–H groups in total. The lowest BCUT2D eigenvalue weighted by Gasteiger charge is -2.25. The summed E-state index contributed by atoms with van der Waals surface area (Å²) >= 11 is 0. The van der Waals surface area contributed by atoms with E-state index in [1.165, 1.54) is 0 Å². The number of amides is 1. The van der Waals surface area contributed by atoms with Gasteiger partial charge in [0.15, 0.2) is 0 Å². The summed E-state index contributed by atoms with van der Waals surface area (Å²) in [6.07, 6.45) is 1.59. The summed E-state index contributed by atoms with van der Waals surface area (Å²) in [7, 11) is 0. The molecule has 0 aliphatic carbocycles. The smallest absolute Gasteiger partial charge is 0.219 e. The fourth-order valence-electron chi connectivity index (χ4n) is 1.79. The van der Waals surface area contributed by atoms with Crippen LogP contribution in [0.3, 0.4) is 0 Å². The molecule has 0 aromatic carbocycles. The van der Waals surface area contributed by atoms with Crippen molar-refractivity contribution in [2.45, 2.75) is 47.5 Å². The summed E-state index contributed by atoms with van der Waals surface area (Å²) in [5.74, 6) is 2.06. The van der Waals surface area contributed by atoms with Gasteiger partial charge in [0.25, 0.3) is 0 Å². The molecule has 0 rings (SSSR count). The molecule has 0 saturated carbocycles. The molecule has 0 heterocycles. The van der Waals surface area contributed by atoms with Crippen LogP contribution in [0.5, 0.6) is 0 Å². The van der Waals surface area contributed by atoms with Crippen LogP contribution in [0.25, 0.3) is 0 Å². The molecule has 0 aliphatic rings. The molecule has 2 nitrogen and oxygen atoms in total. The van der Waals surface area contributed by atoms with E-state index in [1.807, 2.05) is 6.92 Å². The van der Waals surface area contributed by atoms with Crippen LogP contribution >= 0.6 is 0 Å². The van der Waals surface area contributed by atoms with Crippen LogP contribution < -0.4 is 5.32 Å². The molecule has 0 aromatic rings. The van der Waals surface area contributed by atoms with Crippen LogP contribution in [0, 0.1) is 17.8 Å². The van der Waals surface area contributed by atoms with Gasteiger partial charge in [0.2, 0.25) is 5.91 Å². The van der Waals surface area contributed by atoms with Gasteiger partial charge in [0.1, 0.15) is 0 Å². The Morgan fingerprint density at radius 2 is 1.64 bits per heavy atom. The number of carbonyl (C=O) groups is 1. The standard InChI is InChI=1S/C12H25NO/c1-6-7-12(14)13-8-11(9(2)3)10(4)5/h9-11H,6-8H2,1-5H3,(H,13,14). The lowest BCUT2D eigenvalue weighted by Crippen LogP contribution is -2.33. The Hall–Kier alpha value is -0.530. The third-order valence-corrected chi connectivity index (χ3v) is 2.72. The van der Waals surface area contributed by atoms with Crippen LogP contribution in [0.1, 0.15) is 47.5 Å². The number of nitrogens with one attached hydrogen (secondary N) is 1. The molecule has 0 bridgehead atoms. The van der Waals surface area contributed by atoms with Gasteiger partial charge >= 0.3 is 0 Å². The van der Waals surface area contributed by atoms with E-state index in [2.05, 4.69) is 33.0 Å². The first kappa shape index (κ1) is 13.5. The van der Waals surface area contributed by atoms with E-state index in [0.29, 0.717) is 24.2 Å². The molecule has 84 valence electrons. The number of carbonyl (C=O) groups excluding carboxylic acids is 1. The molecule has 0 fully saturated rings. The SMILES string of the molecule is CCCC(=O)NCC(C(C)C)C(C)C. The van der Waals surface area contributed by atoms with Crippen molar-refractivity contribution >= 4 is 5.91 Å². The number of rotatable bonds is 6. The third kappa shape index (κ3) is 5.25. The molecule has 0 aromatic heterocycles. The van der Waals surface area contributed by atoms with Gasteiger partial charge in [0.05, 0.1) is 0 Å². The van der Waals surface area contributed by atoms with Gasteiger partial charge in [-0.15, -0.1) is 0 Å². The van der Waals surface area contributed by atoms with Crippen molar-refractivity contribution in [1.82, 2.24) is 5.32 Å². The Bertz CT molecular complexity index is 156. The molecule has 0 radical (unpaired) electrons. The van der Waals surface area contributed by atoms with Crippen molar-refractivity contribution in [2.24, 2.45) is 17.8 Å². The van der Waals surface area contributed by atoms with Crippen molar-refractivity contribution in [3.8, 4) is 0 Å². The first-order valence-electron chi connectivity index (χ1n) is 5.75. The Morgan fingerprint density at radius 3 is 2.00 bits per heavy atom. The maximum Gasteiger partial charge on any atom is 0.219 e. The van der Waals surface area contributed by atoms with E-state index >= 15 is 0 Å². The van der Waals surface area contributed by atoms with Crippen molar-refractivity contribution in [3.63, 3.8) is 0 Å². The molecule has 0 saturated heterocycles. The first-order valence-corrected chi connectivity index (χ1v) is 5.75. The monoisotopic (exact) mass is 199 g/mol. The van der Waals surface area contributed by atoms with Gasteiger partial charge in [-0.25, -0.2) is 0 Å². The Balaban J connectivity index is 3.88. The van der Waals surface area contributed by atoms with Gasteiger partial charge in [0, 0.05) is 13.0 Å². The second-order valence-corrected chi connectivity index (χ2v) is 4.71.